The van der Waals surface area contributed by atoms with E-state index in [1.54, 1.807) is 31.2 Å². The van der Waals surface area contributed by atoms with Gasteiger partial charge in [-0.25, -0.2) is 0 Å². The highest BCUT2D eigenvalue weighted by Crippen LogP contribution is 2.42. The monoisotopic (exact) mass is 250 g/mol. The van der Waals surface area contributed by atoms with E-state index < -0.39 is 13.9 Å². The van der Waals surface area contributed by atoms with Gasteiger partial charge >= 0.3 is 7.60 Å². The smallest absolute Gasteiger partial charge is 0.365 e. The third-order valence-electron chi connectivity index (χ3n) is 1.55. The zero-order valence-corrected chi connectivity index (χ0v) is 9.87. The summed E-state index contributed by atoms with van der Waals surface area (Å²) in [5, 5.41) is 0.397. The van der Waals surface area contributed by atoms with Crippen LogP contribution in [0.1, 0.15) is 6.92 Å². The lowest BCUT2D eigenvalue weighted by atomic mass is 10.3. The Morgan fingerprint density at radius 2 is 2.13 bits per heavy atom. The molecule has 0 saturated heterocycles. The zero-order valence-electron chi connectivity index (χ0n) is 8.22. The third-order valence-corrected chi connectivity index (χ3v) is 2.98. The number of hydrogen-bond donors (Lipinski definition) is 1. The van der Waals surface area contributed by atoms with Crippen LogP contribution in [0.3, 0.4) is 0 Å². The normalized spacial score (nSPS) is 14.6. The first-order chi connectivity index (χ1) is 7.05. The van der Waals surface area contributed by atoms with Gasteiger partial charge in [0.2, 0.25) is 0 Å². The number of rotatable bonds is 5. The van der Waals surface area contributed by atoms with Crippen LogP contribution < -0.4 is 4.74 Å². The molecule has 1 N–H and O–H groups in total. The quantitative estimate of drug-likeness (QED) is 0.817. The maximum absolute atomic E-state index is 11.3. The average Bonchev–Trinajstić information content (AvgIpc) is 2.16. The summed E-state index contributed by atoms with van der Waals surface area (Å²) in [4.78, 5) is 9.23. The number of benzene rings is 1. The maximum Gasteiger partial charge on any atom is 0.365 e. The maximum atomic E-state index is 11.3. The van der Waals surface area contributed by atoms with Crippen molar-refractivity contribution in [3.63, 3.8) is 0 Å². The fraction of sp³-hybridized carbons (Fsp3) is 0.333. The molecule has 84 valence electrons. The Morgan fingerprint density at radius 1 is 1.47 bits per heavy atom. The van der Waals surface area contributed by atoms with E-state index >= 15 is 0 Å². The van der Waals surface area contributed by atoms with Crippen molar-refractivity contribution in [2.45, 2.75) is 6.92 Å². The van der Waals surface area contributed by atoms with Crippen LogP contribution in [0.25, 0.3) is 0 Å². The van der Waals surface area contributed by atoms with Crippen molar-refractivity contribution in [2.75, 3.05) is 13.0 Å². The lowest BCUT2D eigenvalue weighted by Crippen LogP contribution is -2.02. The summed E-state index contributed by atoms with van der Waals surface area (Å²) in [6.07, 6.45) is -0.398. The molecule has 1 aromatic rings. The van der Waals surface area contributed by atoms with Crippen molar-refractivity contribution in [2.24, 2.45) is 0 Å². The lowest BCUT2D eigenvalue weighted by molar-refractivity contribution is 0.241. The number of ether oxygens (including phenoxy) is 1. The van der Waals surface area contributed by atoms with Crippen LogP contribution in [-0.2, 0) is 9.09 Å². The molecule has 1 aromatic carbocycles. The van der Waals surface area contributed by atoms with Crippen LogP contribution in [-0.4, -0.2) is 17.8 Å². The molecule has 0 aromatic heterocycles. The first-order valence-electron chi connectivity index (χ1n) is 4.39. The van der Waals surface area contributed by atoms with Gasteiger partial charge < -0.3 is 14.2 Å². The summed E-state index contributed by atoms with van der Waals surface area (Å²) < 4.78 is 21.0. The Kier molecular flexibility index (Phi) is 4.61. The first-order valence-corrected chi connectivity index (χ1v) is 6.53. The molecule has 0 fully saturated rings. The average molecular weight is 251 g/mol. The van der Waals surface area contributed by atoms with Gasteiger partial charge in [-0.2, -0.15) is 0 Å². The number of hydrogen-bond acceptors (Lipinski definition) is 3. The molecule has 4 nitrogen and oxygen atoms in total. The molecular formula is C9H12ClO4P. The molecule has 1 rings (SSSR count). The standard InChI is InChI=1S/C9H12ClO4P/c1-2-14-15(11,12)7-13-9-6-4-3-5-8(9)10/h3-6H,2,7H2,1H3,(H,11,12). The van der Waals surface area contributed by atoms with Gasteiger partial charge in [0.15, 0.2) is 6.35 Å². The fourth-order valence-electron chi connectivity index (χ4n) is 0.952. The fourth-order valence-corrected chi connectivity index (χ4v) is 1.92. The van der Waals surface area contributed by atoms with Gasteiger partial charge in [0.05, 0.1) is 11.6 Å². The lowest BCUT2D eigenvalue weighted by Gasteiger charge is -2.12. The molecule has 0 aliphatic carbocycles. The Morgan fingerprint density at radius 3 is 2.73 bits per heavy atom. The Hall–Kier alpha value is -0.540. The Labute approximate surface area is 93.3 Å². The minimum Gasteiger partial charge on any atom is -0.479 e. The van der Waals surface area contributed by atoms with Crippen LogP contribution >= 0.6 is 19.2 Å². The predicted molar refractivity (Wildman–Crippen MR) is 58.4 cm³/mol. The van der Waals surface area contributed by atoms with Gasteiger partial charge in [-0.1, -0.05) is 23.7 Å². The summed E-state index contributed by atoms with van der Waals surface area (Å²) in [5.41, 5.74) is 0. The van der Waals surface area contributed by atoms with Crippen LogP contribution in [0.5, 0.6) is 5.75 Å². The van der Waals surface area contributed by atoms with Gasteiger partial charge in [0.1, 0.15) is 5.75 Å². The molecule has 1 unspecified atom stereocenters. The molecule has 0 spiro atoms. The van der Waals surface area contributed by atoms with E-state index in [9.17, 15) is 9.46 Å². The summed E-state index contributed by atoms with van der Waals surface area (Å²) in [6, 6.07) is 6.73. The topological polar surface area (TPSA) is 55.8 Å². The largest absolute Gasteiger partial charge is 0.479 e. The first kappa shape index (κ1) is 12.5. The van der Waals surface area contributed by atoms with Crippen molar-refractivity contribution in [3.05, 3.63) is 29.3 Å². The highest BCUT2D eigenvalue weighted by molar-refractivity contribution is 7.52. The Balaban J connectivity index is 2.58. The number of para-hydroxylation sites is 1. The third kappa shape index (κ3) is 4.22. The SMILES string of the molecule is CCOP(=O)(O)COc1ccccc1Cl. The van der Waals surface area contributed by atoms with E-state index in [-0.39, 0.29) is 6.61 Å². The van der Waals surface area contributed by atoms with Gasteiger partial charge in [-0.05, 0) is 19.1 Å². The molecule has 0 aliphatic heterocycles. The van der Waals surface area contributed by atoms with Crippen molar-refractivity contribution in [1.29, 1.82) is 0 Å². The van der Waals surface area contributed by atoms with E-state index in [1.807, 2.05) is 0 Å². The van der Waals surface area contributed by atoms with E-state index in [0.717, 1.165) is 0 Å². The summed E-state index contributed by atoms with van der Waals surface area (Å²) >= 11 is 5.79. The zero-order chi connectivity index (χ0) is 11.3. The highest BCUT2D eigenvalue weighted by Gasteiger charge is 2.19. The molecule has 15 heavy (non-hydrogen) atoms. The van der Waals surface area contributed by atoms with E-state index in [2.05, 4.69) is 4.52 Å². The molecular weight excluding hydrogens is 239 g/mol. The van der Waals surface area contributed by atoms with E-state index in [0.29, 0.717) is 10.8 Å². The molecule has 0 bridgehead atoms. The van der Waals surface area contributed by atoms with Crippen molar-refractivity contribution in [3.8, 4) is 5.75 Å². The molecule has 0 saturated carbocycles. The molecule has 0 aliphatic rings. The molecule has 0 amide bonds. The van der Waals surface area contributed by atoms with E-state index in [1.165, 1.54) is 0 Å². The van der Waals surface area contributed by atoms with Gasteiger partial charge in [0, 0.05) is 0 Å². The summed E-state index contributed by atoms with van der Waals surface area (Å²) in [5.74, 6) is 0.369. The minimum atomic E-state index is -3.66. The number of halogens is 1. The minimum absolute atomic E-state index is 0.166. The van der Waals surface area contributed by atoms with Crippen molar-refractivity contribution in [1.82, 2.24) is 0 Å². The van der Waals surface area contributed by atoms with E-state index in [4.69, 9.17) is 16.3 Å². The molecule has 0 heterocycles. The second-order valence-electron chi connectivity index (χ2n) is 2.76. The van der Waals surface area contributed by atoms with Crippen LogP contribution in [0, 0.1) is 0 Å². The molecule has 1 atom stereocenters. The molecule has 6 heteroatoms. The van der Waals surface area contributed by atoms with Crippen LogP contribution in [0.15, 0.2) is 24.3 Å². The van der Waals surface area contributed by atoms with Gasteiger partial charge in [-0.15, -0.1) is 0 Å². The summed E-state index contributed by atoms with van der Waals surface area (Å²) in [6.45, 7) is 1.80. The second kappa shape index (κ2) is 5.52. The van der Waals surface area contributed by atoms with Gasteiger partial charge in [-0.3, -0.25) is 4.57 Å². The van der Waals surface area contributed by atoms with Crippen molar-refractivity contribution >= 4 is 19.2 Å². The Bertz CT molecular complexity index is 369. The van der Waals surface area contributed by atoms with Crippen LogP contribution in [0.2, 0.25) is 5.02 Å². The van der Waals surface area contributed by atoms with Crippen LogP contribution in [0.4, 0.5) is 0 Å². The summed E-state index contributed by atoms with van der Waals surface area (Å²) in [7, 11) is -3.66. The van der Waals surface area contributed by atoms with Gasteiger partial charge in [0.25, 0.3) is 0 Å². The highest BCUT2D eigenvalue weighted by atomic mass is 35.5. The second-order valence-corrected chi connectivity index (χ2v) is 4.96. The molecule has 0 radical (unpaired) electrons. The predicted octanol–water partition coefficient (Wildman–Crippen LogP) is 2.90. The van der Waals surface area contributed by atoms with Crippen molar-refractivity contribution < 1.29 is 18.7 Å².